The van der Waals surface area contributed by atoms with E-state index < -0.39 is 57.0 Å². The number of nitro groups is 1. The average molecular weight is 639 g/mol. The first-order chi connectivity index (χ1) is 20.1. The van der Waals surface area contributed by atoms with Crippen LogP contribution in [-0.2, 0) is 44.9 Å². The van der Waals surface area contributed by atoms with Gasteiger partial charge in [0.05, 0.1) is 16.6 Å². The van der Waals surface area contributed by atoms with Crippen LogP contribution in [0.1, 0.15) is 17.7 Å². The van der Waals surface area contributed by atoms with Crippen LogP contribution < -0.4 is 10.6 Å². The summed E-state index contributed by atoms with van der Waals surface area (Å²) in [6.07, 6.45) is -0.176. The van der Waals surface area contributed by atoms with Crippen molar-refractivity contribution in [3.8, 4) is 0 Å². The van der Waals surface area contributed by atoms with E-state index in [0.29, 0.717) is 5.56 Å². The second kappa shape index (κ2) is 11.5. The van der Waals surface area contributed by atoms with Crippen molar-refractivity contribution in [3.05, 3.63) is 51.0 Å². The van der Waals surface area contributed by atoms with Crippen LogP contribution in [0.15, 0.2) is 34.8 Å². The Morgan fingerprint density at radius 2 is 2.05 bits per heavy atom. The number of nitrogens with zero attached hydrogens (tertiary/aromatic N) is 4. The van der Waals surface area contributed by atoms with Gasteiger partial charge in [-0.3, -0.25) is 34.2 Å². The number of β-lactam (4-membered cyclic amide) rings is 1. The lowest BCUT2D eigenvalue weighted by atomic mass is 9.98. The molecule has 1 aromatic heterocycles. The first kappa shape index (κ1) is 29.2. The van der Waals surface area contributed by atoms with E-state index in [0.717, 1.165) is 28.0 Å². The highest BCUT2D eigenvalue weighted by Crippen LogP contribution is 2.55. The zero-order valence-corrected chi connectivity index (χ0v) is 23.7. The van der Waals surface area contributed by atoms with Crippen molar-refractivity contribution in [2.24, 2.45) is 5.16 Å². The van der Waals surface area contributed by atoms with E-state index in [9.17, 15) is 34.1 Å². The Balaban J connectivity index is 1.29. The third kappa shape index (κ3) is 5.12. The number of carbonyl (C=O) groups is 5. The van der Waals surface area contributed by atoms with Crippen molar-refractivity contribution in [1.82, 2.24) is 15.2 Å². The Morgan fingerprint density at radius 3 is 2.71 bits per heavy atom. The molecule has 3 fully saturated rings. The molecule has 42 heavy (non-hydrogen) atoms. The van der Waals surface area contributed by atoms with Crippen molar-refractivity contribution in [2.45, 2.75) is 35.4 Å². The molecule has 220 valence electrons. The first-order valence-electron chi connectivity index (χ1n) is 11.9. The van der Waals surface area contributed by atoms with Gasteiger partial charge >= 0.3 is 11.9 Å². The van der Waals surface area contributed by atoms with Gasteiger partial charge < -0.3 is 24.9 Å². The summed E-state index contributed by atoms with van der Waals surface area (Å²) in [6, 6.07) is 4.20. The molecule has 3 saturated heterocycles. The van der Waals surface area contributed by atoms with Gasteiger partial charge in [0, 0.05) is 17.5 Å². The Kier molecular flexibility index (Phi) is 8.02. The molecule has 0 radical (unpaired) electrons. The van der Waals surface area contributed by atoms with Crippen molar-refractivity contribution in [1.29, 1.82) is 0 Å². The highest BCUT2D eigenvalue weighted by Gasteiger charge is 2.75. The SMILES string of the molecule is CO/N=C(\C(=O)N[C@@H]1C(=O)N2[C@@H]1S[C@@H]1CC(=O)O[C@@]12C(=O)OCc1ccc([N+](=O)[O-])cc1)c1csc(NC(=O)CCl)n1. The minimum Gasteiger partial charge on any atom is -0.456 e. The summed E-state index contributed by atoms with van der Waals surface area (Å²) in [5.74, 6) is -4.00. The summed E-state index contributed by atoms with van der Waals surface area (Å²) in [6.45, 7) is -0.293. The van der Waals surface area contributed by atoms with E-state index in [1.165, 1.54) is 36.8 Å². The molecule has 0 saturated carbocycles. The third-order valence-electron chi connectivity index (χ3n) is 6.37. The Morgan fingerprint density at radius 1 is 1.31 bits per heavy atom. The topological polar surface area (TPSA) is 209 Å². The largest absolute Gasteiger partial charge is 0.456 e. The monoisotopic (exact) mass is 638 g/mol. The minimum absolute atomic E-state index is 0.0593. The number of aromatic nitrogens is 1. The standard InChI is InChI=1S/C23H19ClN6O10S2/c1-38-28-16(12-9-41-22(25-12)26-14(31)7-24)18(33)27-17-19(34)29-20(17)42-13-6-15(32)40-23(13,29)21(35)39-8-10-2-4-11(5-3-10)30(36)37/h2-5,9,13,17,20H,6-8H2,1H3,(H,27,33)(H,25,26,31)/b28-16-/t13-,17-,20-,23-/m1/s1. The molecule has 2 aromatic rings. The fourth-order valence-corrected chi connectivity index (χ4v) is 7.02. The molecular formula is C23H19ClN6O10S2. The van der Waals surface area contributed by atoms with Crippen LogP contribution >= 0.6 is 34.7 Å². The summed E-state index contributed by atoms with van der Waals surface area (Å²) in [5.41, 5.74) is -1.96. The fraction of sp³-hybridized carbons (Fsp3) is 0.348. The van der Waals surface area contributed by atoms with Crippen LogP contribution in [-0.4, -0.2) is 85.6 Å². The van der Waals surface area contributed by atoms with Crippen LogP contribution in [0, 0.1) is 10.1 Å². The number of thioether (sulfide) groups is 1. The van der Waals surface area contributed by atoms with Gasteiger partial charge in [0.2, 0.25) is 5.91 Å². The van der Waals surface area contributed by atoms with E-state index in [-0.39, 0.29) is 41.1 Å². The van der Waals surface area contributed by atoms with Crippen LogP contribution in [0.4, 0.5) is 10.8 Å². The molecular weight excluding hydrogens is 620 g/mol. The van der Waals surface area contributed by atoms with Gasteiger partial charge in [0.1, 0.15) is 36.7 Å². The van der Waals surface area contributed by atoms with Crippen molar-refractivity contribution in [3.63, 3.8) is 0 Å². The molecule has 0 unspecified atom stereocenters. The van der Waals surface area contributed by atoms with Gasteiger partial charge in [-0.25, -0.2) is 9.78 Å². The highest BCUT2D eigenvalue weighted by atomic mass is 35.5. The van der Waals surface area contributed by atoms with E-state index in [1.807, 2.05) is 0 Å². The molecule has 19 heteroatoms. The number of oxime groups is 1. The number of hydrogen-bond acceptors (Lipinski definition) is 14. The maximum atomic E-state index is 13.3. The quantitative estimate of drug-likeness (QED) is 0.0922. The number of carbonyl (C=O) groups excluding carboxylic acids is 5. The summed E-state index contributed by atoms with van der Waals surface area (Å²) >= 11 is 7.60. The zero-order valence-electron chi connectivity index (χ0n) is 21.3. The Hall–Kier alpha value is -4.29. The molecule has 2 N–H and O–H groups in total. The number of hydrogen-bond donors (Lipinski definition) is 2. The third-order valence-corrected chi connectivity index (χ3v) is 8.95. The molecule has 5 rings (SSSR count). The molecule has 16 nitrogen and oxygen atoms in total. The number of anilines is 1. The minimum atomic E-state index is -2.03. The van der Waals surface area contributed by atoms with E-state index in [4.69, 9.17) is 25.9 Å². The second-order valence-corrected chi connectivity index (χ2v) is 11.3. The Labute approximate surface area is 248 Å². The number of alkyl halides is 1. The van der Waals surface area contributed by atoms with Crippen molar-refractivity contribution >= 4 is 80.9 Å². The maximum absolute atomic E-state index is 13.3. The lowest BCUT2D eigenvalue weighted by molar-refractivity contribution is -0.384. The molecule has 4 heterocycles. The number of fused-ring (bicyclic) bond motifs is 3. The molecule has 4 atom stereocenters. The second-order valence-electron chi connectivity index (χ2n) is 8.89. The normalized spacial score (nSPS) is 24.2. The summed E-state index contributed by atoms with van der Waals surface area (Å²) < 4.78 is 10.8. The number of thiazole rings is 1. The van der Waals surface area contributed by atoms with E-state index in [2.05, 4.69) is 20.8 Å². The van der Waals surface area contributed by atoms with Gasteiger partial charge in [0.15, 0.2) is 10.8 Å². The number of amides is 3. The van der Waals surface area contributed by atoms with Gasteiger partial charge in [-0.1, -0.05) is 5.16 Å². The summed E-state index contributed by atoms with van der Waals surface area (Å²) in [7, 11) is 1.21. The lowest BCUT2D eigenvalue weighted by Crippen LogP contribution is -2.75. The Bertz CT molecular complexity index is 1520. The molecule has 3 aliphatic heterocycles. The molecule has 0 spiro atoms. The van der Waals surface area contributed by atoms with Crippen LogP contribution in [0.2, 0.25) is 0 Å². The maximum Gasteiger partial charge on any atom is 0.374 e. The predicted molar refractivity (Wildman–Crippen MR) is 145 cm³/mol. The predicted octanol–water partition coefficient (Wildman–Crippen LogP) is 0.734. The smallest absolute Gasteiger partial charge is 0.374 e. The van der Waals surface area contributed by atoms with Gasteiger partial charge in [-0.05, 0) is 17.7 Å². The van der Waals surface area contributed by atoms with Gasteiger partial charge in [0.25, 0.3) is 23.2 Å². The average Bonchev–Trinajstić information content (AvgIpc) is 3.63. The fourth-order valence-electron chi connectivity index (χ4n) is 4.51. The summed E-state index contributed by atoms with van der Waals surface area (Å²) in [4.78, 5) is 83.7. The highest BCUT2D eigenvalue weighted by molar-refractivity contribution is 8.01. The number of ether oxygens (including phenoxy) is 2. The number of non-ortho nitro benzene ring substituents is 1. The van der Waals surface area contributed by atoms with Crippen molar-refractivity contribution < 1.29 is 43.2 Å². The van der Waals surface area contributed by atoms with E-state index >= 15 is 0 Å². The van der Waals surface area contributed by atoms with Crippen LogP contribution in [0.25, 0.3) is 0 Å². The molecule has 1 aromatic carbocycles. The number of halogens is 1. The first-order valence-corrected chi connectivity index (χ1v) is 14.3. The number of rotatable bonds is 10. The van der Waals surface area contributed by atoms with Crippen molar-refractivity contribution in [2.75, 3.05) is 18.3 Å². The molecule has 3 aliphatic rings. The number of nitro benzene ring substituents is 1. The molecule has 3 amide bonds. The number of nitrogens with one attached hydrogen (secondary N) is 2. The van der Waals surface area contributed by atoms with Crippen LogP contribution in [0.5, 0.6) is 0 Å². The number of benzene rings is 1. The summed E-state index contributed by atoms with van der Waals surface area (Å²) in [5, 5.41) is 19.6. The zero-order chi connectivity index (χ0) is 30.2. The molecule has 0 aliphatic carbocycles. The van der Waals surface area contributed by atoms with Gasteiger partial charge in [-0.15, -0.1) is 34.7 Å². The van der Waals surface area contributed by atoms with E-state index in [1.54, 1.807) is 0 Å². The molecule has 0 bridgehead atoms. The lowest BCUT2D eigenvalue weighted by Gasteiger charge is -2.46. The van der Waals surface area contributed by atoms with Gasteiger partial charge in [-0.2, -0.15) is 0 Å². The van der Waals surface area contributed by atoms with Crippen LogP contribution in [0.3, 0.4) is 0 Å². The number of esters is 2.